The highest BCUT2D eigenvalue weighted by Gasteiger charge is 2.56. The van der Waals surface area contributed by atoms with E-state index in [1.807, 2.05) is 0 Å². The number of carbonyl (C=O) groups excluding carboxylic acids is 4. The number of carbonyl (C=O) groups is 4. The van der Waals surface area contributed by atoms with Crippen LogP contribution in [0.1, 0.15) is 33.6 Å². The molecule has 3 aromatic carbocycles. The number of aromatic amines is 1. The van der Waals surface area contributed by atoms with Gasteiger partial charge in [-0.1, -0.05) is 39.0 Å². The van der Waals surface area contributed by atoms with Crippen molar-refractivity contribution in [3.05, 3.63) is 96.9 Å². The molecule has 0 aliphatic carbocycles. The van der Waals surface area contributed by atoms with E-state index in [0.717, 1.165) is 28.0 Å². The standard InChI is InChI=1S/C31H24BrN3O8S2/c1-2-42-30(40)15-3-8-18(9-4-15)35-28(38)24-23(25-27(34-31(41)45-25)44-26(24)29(35)39)20-13-16(32)5-12-21(20)43-14-22(37)33-17-6-10-19(36)11-7-17/h3-13,23-24,26,36H,2,14H2,1H3,(H,33,37)(H,34,41)/t23-,24-,26+/m0/s1. The number of phenolic OH excluding ortho intramolecular Hbond substituents is 1. The second kappa shape index (κ2) is 12.5. The molecule has 11 nitrogen and oxygen atoms in total. The second-order valence-electron chi connectivity index (χ2n) is 10.1. The van der Waals surface area contributed by atoms with E-state index in [4.69, 9.17) is 9.47 Å². The molecule has 3 N–H and O–H groups in total. The highest BCUT2D eigenvalue weighted by Crippen LogP contribution is 2.54. The van der Waals surface area contributed by atoms with Crippen molar-refractivity contribution in [1.82, 2.24) is 4.98 Å². The third-order valence-electron chi connectivity index (χ3n) is 7.28. The van der Waals surface area contributed by atoms with Crippen LogP contribution in [0.15, 0.2) is 81.0 Å². The number of thiazole rings is 1. The fourth-order valence-corrected chi connectivity index (χ4v) is 8.23. The predicted molar refractivity (Wildman–Crippen MR) is 171 cm³/mol. The maximum absolute atomic E-state index is 14.1. The van der Waals surface area contributed by atoms with Gasteiger partial charge >= 0.3 is 10.8 Å². The molecule has 14 heteroatoms. The smallest absolute Gasteiger partial charge is 0.338 e. The third kappa shape index (κ3) is 6.00. The molecular formula is C31H24BrN3O8S2. The van der Waals surface area contributed by atoms with Crippen LogP contribution in [-0.2, 0) is 19.1 Å². The lowest BCUT2D eigenvalue weighted by molar-refractivity contribution is -0.122. The van der Waals surface area contributed by atoms with Crippen LogP contribution in [0, 0.1) is 5.92 Å². The van der Waals surface area contributed by atoms with Gasteiger partial charge in [0.25, 0.3) is 5.91 Å². The summed E-state index contributed by atoms with van der Waals surface area (Å²) in [7, 11) is 0. The quantitative estimate of drug-likeness (QED) is 0.132. The Morgan fingerprint density at radius 3 is 2.47 bits per heavy atom. The van der Waals surface area contributed by atoms with E-state index in [9.17, 15) is 29.1 Å². The number of phenols is 1. The molecule has 6 rings (SSSR count). The van der Waals surface area contributed by atoms with Gasteiger partial charge in [0.05, 0.1) is 28.8 Å². The molecule has 0 unspecified atom stereocenters. The fourth-order valence-electron chi connectivity index (χ4n) is 5.35. The summed E-state index contributed by atoms with van der Waals surface area (Å²) in [6, 6.07) is 17.2. The summed E-state index contributed by atoms with van der Waals surface area (Å²) in [6.07, 6.45) is 0. The number of benzene rings is 3. The Kier molecular flexibility index (Phi) is 8.53. The molecule has 0 saturated carbocycles. The number of esters is 1. The van der Waals surface area contributed by atoms with Gasteiger partial charge in [-0.2, -0.15) is 0 Å². The lowest BCUT2D eigenvalue weighted by Crippen LogP contribution is -2.32. The number of amides is 3. The molecular weight excluding hydrogens is 686 g/mol. The number of halogens is 1. The number of hydrogen-bond acceptors (Lipinski definition) is 10. The number of aromatic nitrogens is 1. The molecule has 0 bridgehead atoms. The normalized spacial score (nSPS) is 18.7. The Balaban J connectivity index is 1.33. The number of thioether (sulfide) groups is 1. The summed E-state index contributed by atoms with van der Waals surface area (Å²) in [4.78, 5) is 69.5. The predicted octanol–water partition coefficient (Wildman–Crippen LogP) is 4.89. The van der Waals surface area contributed by atoms with E-state index in [2.05, 4.69) is 26.2 Å². The van der Waals surface area contributed by atoms with Crippen molar-refractivity contribution in [3.8, 4) is 11.5 Å². The molecule has 1 saturated heterocycles. The minimum Gasteiger partial charge on any atom is -0.508 e. The number of H-pyrrole nitrogens is 1. The Morgan fingerprint density at radius 2 is 1.76 bits per heavy atom. The number of nitrogens with zero attached hydrogens (tertiary/aromatic N) is 1. The Morgan fingerprint density at radius 1 is 1.02 bits per heavy atom. The summed E-state index contributed by atoms with van der Waals surface area (Å²) in [5.41, 5.74) is 1.58. The van der Waals surface area contributed by atoms with Gasteiger partial charge in [-0.15, -0.1) is 0 Å². The number of ether oxygens (including phenoxy) is 2. The van der Waals surface area contributed by atoms with Gasteiger partial charge in [0.15, 0.2) is 6.61 Å². The van der Waals surface area contributed by atoms with Crippen LogP contribution < -0.4 is 19.8 Å². The highest BCUT2D eigenvalue weighted by atomic mass is 79.9. The number of anilines is 2. The molecule has 4 aromatic rings. The molecule has 2 aliphatic rings. The van der Waals surface area contributed by atoms with E-state index >= 15 is 0 Å². The molecule has 3 amide bonds. The first-order valence-electron chi connectivity index (χ1n) is 13.7. The van der Waals surface area contributed by atoms with Crippen LogP contribution in [-0.4, -0.2) is 52.2 Å². The van der Waals surface area contributed by atoms with Crippen molar-refractivity contribution in [2.45, 2.75) is 23.1 Å². The Hall–Kier alpha value is -4.40. The van der Waals surface area contributed by atoms with Crippen molar-refractivity contribution in [2.24, 2.45) is 5.92 Å². The minimum absolute atomic E-state index is 0.0614. The van der Waals surface area contributed by atoms with Gasteiger partial charge in [-0.05, 0) is 73.7 Å². The molecule has 45 heavy (non-hydrogen) atoms. The molecule has 3 atom stereocenters. The van der Waals surface area contributed by atoms with E-state index < -0.39 is 40.8 Å². The van der Waals surface area contributed by atoms with Crippen LogP contribution in [0.25, 0.3) is 0 Å². The van der Waals surface area contributed by atoms with E-state index in [-0.39, 0.29) is 29.4 Å². The zero-order valence-electron chi connectivity index (χ0n) is 23.4. The monoisotopic (exact) mass is 709 g/mol. The lowest BCUT2D eigenvalue weighted by atomic mass is 9.82. The topological polar surface area (TPSA) is 155 Å². The SMILES string of the molecule is CCOC(=O)c1ccc(N2C(=O)[C@H]3[C@H](c4cc(Br)ccc4OCC(=O)Nc4ccc(O)cc4)c4sc(=O)[nH]c4S[C@H]3C2=O)cc1. The molecule has 0 spiro atoms. The van der Waals surface area contributed by atoms with Gasteiger partial charge < -0.3 is 24.9 Å². The van der Waals surface area contributed by atoms with Crippen LogP contribution in [0.2, 0.25) is 0 Å². The molecule has 3 heterocycles. The lowest BCUT2D eigenvalue weighted by Gasteiger charge is -2.31. The highest BCUT2D eigenvalue weighted by molar-refractivity contribution is 9.10. The molecule has 0 radical (unpaired) electrons. The zero-order chi connectivity index (χ0) is 31.8. The maximum Gasteiger partial charge on any atom is 0.338 e. The zero-order valence-corrected chi connectivity index (χ0v) is 26.7. The molecule has 1 fully saturated rings. The Bertz CT molecular complexity index is 1870. The minimum atomic E-state index is -0.895. The van der Waals surface area contributed by atoms with Crippen molar-refractivity contribution in [1.29, 1.82) is 0 Å². The van der Waals surface area contributed by atoms with Gasteiger partial charge in [-0.3, -0.25) is 19.2 Å². The summed E-state index contributed by atoms with van der Waals surface area (Å²) < 4.78 is 11.7. The first-order valence-corrected chi connectivity index (χ1v) is 16.2. The Labute approximate surface area is 272 Å². The molecule has 2 aliphatic heterocycles. The summed E-state index contributed by atoms with van der Waals surface area (Å²) in [6.45, 7) is 1.54. The average Bonchev–Trinajstić information content (AvgIpc) is 3.51. The fraction of sp³-hybridized carbons (Fsp3) is 0.194. The number of hydrogen-bond donors (Lipinski definition) is 3. The van der Waals surface area contributed by atoms with Gasteiger partial charge in [-0.25, -0.2) is 9.69 Å². The number of aromatic hydroxyl groups is 1. The number of rotatable bonds is 8. The van der Waals surface area contributed by atoms with Crippen molar-refractivity contribution in [2.75, 3.05) is 23.4 Å². The van der Waals surface area contributed by atoms with Crippen LogP contribution in [0.3, 0.4) is 0 Å². The number of nitrogens with one attached hydrogen (secondary N) is 2. The van der Waals surface area contributed by atoms with Gasteiger partial charge in [0.2, 0.25) is 11.8 Å². The average molecular weight is 711 g/mol. The third-order valence-corrected chi connectivity index (χ3v) is 10.2. The molecule has 1 aromatic heterocycles. The van der Waals surface area contributed by atoms with Gasteiger partial charge in [0, 0.05) is 26.5 Å². The van der Waals surface area contributed by atoms with Gasteiger partial charge in [0.1, 0.15) is 16.7 Å². The number of fused-ring (bicyclic) bond motifs is 2. The van der Waals surface area contributed by atoms with Crippen LogP contribution in [0.4, 0.5) is 11.4 Å². The summed E-state index contributed by atoms with van der Waals surface area (Å²) in [5.74, 6) is -3.16. The van der Waals surface area contributed by atoms with Crippen molar-refractivity contribution < 1.29 is 33.8 Å². The van der Waals surface area contributed by atoms with Crippen LogP contribution in [0.5, 0.6) is 11.5 Å². The van der Waals surface area contributed by atoms with E-state index in [1.54, 1.807) is 37.3 Å². The second-order valence-corrected chi connectivity index (χ2v) is 13.2. The van der Waals surface area contributed by atoms with Crippen LogP contribution >= 0.6 is 39.0 Å². The largest absolute Gasteiger partial charge is 0.508 e. The van der Waals surface area contributed by atoms with E-state index in [1.165, 1.54) is 36.4 Å². The van der Waals surface area contributed by atoms with E-state index in [0.29, 0.717) is 37.1 Å². The first kappa shape index (κ1) is 30.6. The maximum atomic E-state index is 14.1. The van der Waals surface area contributed by atoms with Crippen molar-refractivity contribution >= 4 is 74.1 Å². The summed E-state index contributed by atoms with van der Waals surface area (Å²) >= 11 is 5.58. The first-order chi connectivity index (χ1) is 21.6. The molecule has 230 valence electrons. The van der Waals surface area contributed by atoms with Crippen molar-refractivity contribution in [3.63, 3.8) is 0 Å². The number of imide groups is 1. The summed E-state index contributed by atoms with van der Waals surface area (Å²) in [5, 5.41) is 11.8.